The van der Waals surface area contributed by atoms with Gasteiger partial charge in [0.2, 0.25) is 5.91 Å². The zero-order valence-electron chi connectivity index (χ0n) is 16.2. The van der Waals surface area contributed by atoms with Gasteiger partial charge in [-0.3, -0.25) is 4.79 Å². The van der Waals surface area contributed by atoms with E-state index in [-0.39, 0.29) is 0 Å². The Morgan fingerprint density at radius 1 is 1.21 bits per heavy atom. The molecule has 0 bridgehead atoms. The lowest BCUT2D eigenvalue weighted by Gasteiger charge is -2.35. The Labute approximate surface area is 149 Å². The number of likely N-dealkylation sites (tertiary alicyclic amines) is 1. The molecule has 2 heterocycles. The van der Waals surface area contributed by atoms with Crippen LogP contribution in [0.4, 0.5) is 0 Å². The highest BCUT2D eigenvalue weighted by Gasteiger charge is 2.27. The van der Waals surface area contributed by atoms with Gasteiger partial charge in [0.1, 0.15) is 0 Å². The highest BCUT2D eigenvalue weighted by atomic mass is 16.2. The van der Waals surface area contributed by atoms with Crippen LogP contribution in [-0.2, 0) is 4.79 Å². The standard InChI is InChI=1S/C20H39N3O/c1-4-5-12-22(3)16-18-8-13-23(14-9-18)20(24)15-17(2)19-6-10-21-11-7-19/h17-19,21H,4-16H2,1-3H3. The van der Waals surface area contributed by atoms with Gasteiger partial charge < -0.3 is 15.1 Å². The van der Waals surface area contributed by atoms with Crippen LogP contribution < -0.4 is 5.32 Å². The van der Waals surface area contributed by atoms with E-state index < -0.39 is 0 Å². The Bertz CT molecular complexity index is 360. The van der Waals surface area contributed by atoms with Gasteiger partial charge in [0, 0.05) is 26.1 Å². The maximum atomic E-state index is 12.6. The maximum Gasteiger partial charge on any atom is 0.222 e. The number of amides is 1. The second-order valence-electron chi connectivity index (χ2n) is 8.21. The van der Waals surface area contributed by atoms with Crippen molar-refractivity contribution in [3.05, 3.63) is 0 Å². The molecular weight excluding hydrogens is 298 g/mol. The molecule has 1 N–H and O–H groups in total. The van der Waals surface area contributed by atoms with E-state index >= 15 is 0 Å². The molecular formula is C20H39N3O. The van der Waals surface area contributed by atoms with E-state index in [1.165, 1.54) is 51.6 Å². The lowest BCUT2D eigenvalue weighted by molar-refractivity contribution is -0.134. The molecule has 0 aromatic carbocycles. The van der Waals surface area contributed by atoms with Crippen LogP contribution in [0, 0.1) is 17.8 Å². The van der Waals surface area contributed by atoms with Crippen LogP contribution in [0.15, 0.2) is 0 Å². The molecule has 140 valence electrons. The number of carbonyl (C=O) groups is 1. The van der Waals surface area contributed by atoms with Gasteiger partial charge >= 0.3 is 0 Å². The minimum Gasteiger partial charge on any atom is -0.343 e. The summed E-state index contributed by atoms with van der Waals surface area (Å²) in [4.78, 5) is 17.2. The third kappa shape index (κ3) is 6.36. The number of hydrogen-bond donors (Lipinski definition) is 1. The predicted octanol–water partition coefficient (Wildman–Crippen LogP) is 2.98. The van der Waals surface area contributed by atoms with Gasteiger partial charge in [0.05, 0.1) is 0 Å². The molecule has 4 nitrogen and oxygen atoms in total. The van der Waals surface area contributed by atoms with Crippen molar-refractivity contribution in [3.63, 3.8) is 0 Å². The summed E-state index contributed by atoms with van der Waals surface area (Å²) in [7, 11) is 2.24. The van der Waals surface area contributed by atoms with Crippen molar-refractivity contribution in [2.75, 3.05) is 46.3 Å². The minimum atomic E-state index is 0.402. The average Bonchev–Trinajstić information content (AvgIpc) is 2.61. The molecule has 0 radical (unpaired) electrons. The first-order valence-corrected chi connectivity index (χ1v) is 10.3. The predicted molar refractivity (Wildman–Crippen MR) is 101 cm³/mol. The first kappa shape index (κ1) is 19.7. The summed E-state index contributed by atoms with van der Waals surface area (Å²) in [5, 5.41) is 3.42. The monoisotopic (exact) mass is 337 g/mol. The number of nitrogens with one attached hydrogen (secondary N) is 1. The largest absolute Gasteiger partial charge is 0.343 e. The molecule has 0 aliphatic carbocycles. The zero-order valence-corrected chi connectivity index (χ0v) is 16.2. The normalized spacial score (nSPS) is 22.1. The average molecular weight is 338 g/mol. The molecule has 2 saturated heterocycles. The van der Waals surface area contributed by atoms with Gasteiger partial charge in [-0.25, -0.2) is 0 Å². The molecule has 0 aromatic heterocycles. The molecule has 1 atom stereocenters. The summed E-state index contributed by atoms with van der Waals surface area (Å²) in [6, 6.07) is 0. The van der Waals surface area contributed by atoms with E-state index in [4.69, 9.17) is 0 Å². The molecule has 24 heavy (non-hydrogen) atoms. The third-order valence-corrected chi connectivity index (χ3v) is 6.12. The zero-order chi connectivity index (χ0) is 17.4. The Morgan fingerprint density at radius 2 is 1.88 bits per heavy atom. The third-order valence-electron chi connectivity index (χ3n) is 6.12. The van der Waals surface area contributed by atoms with Crippen molar-refractivity contribution >= 4 is 5.91 Å². The topological polar surface area (TPSA) is 35.6 Å². The van der Waals surface area contributed by atoms with Gasteiger partial charge in [-0.1, -0.05) is 20.3 Å². The van der Waals surface area contributed by atoms with Gasteiger partial charge in [-0.2, -0.15) is 0 Å². The van der Waals surface area contributed by atoms with Crippen molar-refractivity contribution < 1.29 is 4.79 Å². The summed E-state index contributed by atoms with van der Waals surface area (Å²) < 4.78 is 0. The molecule has 0 spiro atoms. The summed E-state index contributed by atoms with van der Waals surface area (Å²) in [6.45, 7) is 11.2. The SMILES string of the molecule is CCCCN(C)CC1CCN(C(=O)CC(C)C2CCNCC2)CC1. The second-order valence-corrected chi connectivity index (χ2v) is 8.21. The summed E-state index contributed by atoms with van der Waals surface area (Å²) >= 11 is 0. The molecule has 2 aliphatic heterocycles. The molecule has 2 rings (SSSR count). The quantitative estimate of drug-likeness (QED) is 0.739. The lowest BCUT2D eigenvalue weighted by Crippen LogP contribution is -2.42. The van der Waals surface area contributed by atoms with E-state index in [0.29, 0.717) is 11.8 Å². The molecule has 4 heteroatoms. The van der Waals surface area contributed by atoms with Gasteiger partial charge in [-0.05, 0) is 76.5 Å². The first-order valence-electron chi connectivity index (χ1n) is 10.3. The lowest BCUT2D eigenvalue weighted by atomic mass is 9.83. The van der Waals surface area contributed by atoms with E-state index in [2.05, 4.69) is 36.0 Å². The van der Waals surface area contributed by atoms with Crippen molar-refractivity contribution in [2.24, 2.45) is 17.8 Å². The number of nitrogens with zero attached hydrogens (tertiary/aromatic N) is 2. The van der Waals surface area contributed by atoms with E-state index in [1.807, 2.05) is 0 Å². The summed E-state index contributed by atoms with van der Waals surface area (Å²) in [5.41, 5.74) is 0. The second kappa shape index (κ2) is 10.4. The fourth-order valence-electron chi connectivity index (χ4n) is 4.31. The van der Waals surface area contributed by atoms with Crippen LogP contribution in [0.25, 0.3) is 0 Å². The fraction of sp³-hybridized carbons (Fsp3) is 0.950. The molecule has 0 aromatic rings. The number of rotatable bonds is 8. The van der Waals surface area contributed by atoms with Crippen molar-refractivity contribution in [2.45, 2.75) is 58.8 Å². The van der Waals surface area contributed by atoms with Gasteiger partial charge in [-0.15, -0.1) is 0 Å². The maximum absolute atomic E-state index is 12.6. The van der Waals surface area contributed by atoms with Crippen LogP contribution in [0.2, 0.25) is 0 Å². The van der Waals surface area contributed by atoms with Crippen LogP contribution in [0.5, 0.6) is 0 Å². The van der Waals surface area contributed by atoms with E-state index in [0.717, 1.165) is 44.4 Å². The molecule has 0 saturated carbocycles. The Morgan fingerprint density at radius 3 is 2.50 bits per heavy atom. The van der Waals surface area contributed by atoms with Crippen LogP contribution in [-0.4, -0.2) is 62.0 Å². The van der Waals surface area contributed by atoms with Gasteiger partial charge in [0.25, 0.3) is 0 Å². The minimum absolute atomic E-state index is 0.402. The Kier molecular flexibility index (Phi) is 8.54. The van der Waals surface area contributed by atoms with E-state index in [9.17, 15) is 4.79 Å². The highest BCUT2D eigenvalue weighted by Crippen LogP contribution is 2.26. The molecule has 2 fully saturated rings. The first-order chi connectivity index (χ1) is 11.6. The summed E-state index contributed by atoms with van der Waals surface area (Å²) in [6.07, 6.45) is 8.16. The van der Waals surface area contributed by atoms with Crippen molar-refractivity contribution in [1.29, 1.82) is 0 Å². The Hall–Kier alpha value is -0.610. The number of unbranched alkanes of at least 4 members (excludes halogenated alkanes) is 1. The van der Waals surface area contributed by atoms with Crippen LogP contribution in [0.3, 0.4) is 0 Å². The number of hydrogen-bond acceptors (Lipinski definition) is 3. The highest BCUT2D eigenvalue weighted by molar-refractivity contribution is 5.76. The summed E-state index contributed by atoms with van der Waals surface area (Å²) in [5.74, 6) is 2.45. The van der Waals surface area contributed by atoms with E-state index in [1.54, 1.807) is 0 Å². The smallest absolute Gasteiger partial charge is 0.222 e. The van der Waals surface area contributed by atoms with Gasteiger partial charge in [0.15, 0.2) is 0 Å². The van der Waals surface area contributed by atoms with Crippen LogP contribution in [0.1, 0.15) is 58.8 Å². The number of carbonyl (C=O) groups excluding carboxylic acids is 1. The molecule has 1 amide bonds. The van der Waals surface area contributed by atoms with Crippen molar-refractivity contribution in [3.8, 4) is 0 Å². The Balaban J connectivity index is 1.66. The fourth-order valence-corrected chi connectivity index (χ4v) is 4.31. The van der Waals surface area contributed by atoms with Crippen LogP contribution >= 0.6 is 0 Å². The number of piperidine rings is 2. The molecule has 1 unspecified atom stereocenters. The van der Waals surface area contributed by atoms with Crippen molar-refractivity contribution in [1.82, 2.24) is 15.1 Å². The molecule has 2 aliphatic rings.